The smallest absolute Gasteiger partial charge is 0.423 e. The van der Waals surface area contributed by atoms with E-state index in [1.54, 1.807) is 0 Å². The molecule has 2 N–H and O–H groups in total. The van der Waals surface area contributed by atoms with E-state index in [1.807, 2.05) is 12.1 Å². The lowest BCUT2D eigenvalue weighted by Gasteiger charge is -2.28. The molecule has 2 aliphatic rings. The van der Waals surface area contributed by atoms with E-state index in [0.29, 0.717) is 11.5 Å². The molecule has 2 nitrogen and oxygen atoms in total. The molecule has 4 aromatic carbocycles. The Bertz CT molecular complexity index is 1580. The molecule has 0 amide bonds. The molecule has 0 radical (unpaired) electrons. The van der Waals surface area contributed by atoms with Gasteiger partial charge in [0.25, 0.3) is 0 Å². The highest BCUT2D eigenvalue weighted by Gasteiger charge is 2.23. The molecule has 0 saturated heterocycles. The van der Waals surface area contributed by atoms with Gasteiger partial charge in [0.1, 0.15) is 23.3 Å². The van der Waals surface area contributed by atoms with Crippen molar-refractivity contribution >= 4 is 28.5 Å². The molecule has 0 spiro atoms. The molecule has 0 atom stereocenters. The maximum absolute atomic E-state index is 13.9. The Morgan fingerprint density at radius 2 is 1.02 bits per heavy atom. The summed E-state index contributed by atoms with van der Waals surface area (Å²) in [6.45, 7) is 4.57. The maximum atomic E-state index is 13.9. The van der Waals surface area contributed by atoms with Crippen LogP contribution in [0.15, 0.2) is 89.4 Å². The molecular weight excluding hydrogens is 703 g/mol. The molecule has 0 aromatic heterocycles. The lowest BCUT2D eigenvalue weighted by molar-refractivity contribution is 0.308. The Hall–Kier alpha value is -2.94. The van der Waals surface area contributed by atoms with E-state index >= 15 is 0 Å². The van der Waals surface area contributed by atoms with Crippen molar-refractivity contribution in [1.29, 1.82) is 0 Å². The third kappa shape index (κ3) is 12.1. The number of hydrogen-bond donors (Lipinski definition) is 2. The Kier molecular flexibility index (Phi) is 16.1. The zero-order chi connectivity index (χ0) is 36.0. The average molecular weight is 754 g/mol. The summed E-state index contributed by atoms with van der Waals surface area (Å²) in [5, 5.41) is 17.0. The summed E-state index contributed by atoms with van der Waals surface area (Å²) >= 11 is 3.50. The first-order valence-electron chi connectivity index (χ1n) is 18.2. The summed E-state index contributed by atoms with van der Waals surface area (Å²) < 4.78 is 53.2. The molecular formula is C42H50BBrF4O2. The molecule has 0 bridgehead atoms. The first-order valence-corrected chi connectivity index (χ1v) is 19.0. The van der Waals surface area contributed by atoms with Crippen molar-refractivity contribution < 1.29 is 27.6 Å². The van der Waals surface area contributed by atoms with Gasteiger partial charge in [-0.05, 0) is 140 Å². The van der Waals surface area contributed by atoms with Crippen molar-refractivity contribution in [3.63, 3.8) is 0 Å². The van der Waals surface area contributed by atoms with E-state index in [2.05, 4.69) is 66.2 Å². The van der Waals surface area contributed by atoms with Crippen LogP contribution in [0.5, 0.6) is 0 Å². The van der Waals surface area contributed by atoms with Crippen LogP contribution in [0.4, 0.5) is 17.6 Å². The normalized spacial score (nSPS) is 20.2. The highest BCUT2D eigenvalue weighted by atomic mass is 79.9. The van der Waals surface area contributed by atoms with Crippen LogP contribution in [-0.2, 0) is 0 Å². The minimum Gasteiger partial charge on any atom is -0.423 e. The molecule has 2 fully saturated rings. The number of halogens is 5. The topological polar surface area (TPSA) is 40.5 Å². The molecule has 2 saturated carbocycles. The average Bonchev–Trinajstić information content (AvgIpc) is 3.12. The van der Waals surface area contributed by atoms with E-state index in [4.69, 9.17) is 10.0 Å². The van der Waals surface area contributed by atoms with Gasteiger partial charge in [0, 0.05) is 15.5 Å². The molecule has 0 aliphatic heterocycles. The van der Waals surface area contributed by atoms with Crippen molar-refractivity contribution in [2.75, 3.05) is 0 Å². The molecule has 4 aromatic rings. The lowest BCUT2D eigenvalue weighted by Crippen LogP contribution is -2.32. The van der Waals surface area contributed by atoms with Crippen molar-refractivity contribution in [2.45, 2.75) is 103 Å². The minimum atomic E-state index is -1.97. The van der Waals surface area contributed by atoms with Crippen LogP contribution >= 0.6 is 15.9 Å². The van der Waals surface area contributed by atoms with Gasteiger partial charge >= 0.3 is 7.12 Å². The summed E-state index contributed by atoms with van der Waals surface area (Å²) in [5.41, 5.74) is 3.50. The van der Waals surface area contributed by atoms with Gasteiger partial charge in [0.2, 0.25) is 0 Å². The lowest BCUT2D eigenvalue weighted by atomic mass is 9.77. The zero-order valence-electron chi connectivity index (χ0n) is 29.2. The van der Waals surface area contributed by atoms with Crippen molar-refractivity contribution in [3.05, 3.63) is 124 Å². The Morgan fingerprint density at radius 3 is 1.46 bits per heavy atom. The molecule has 0 heterocycles. The quantitative estimate of drug-likeness (QED) is 0.139. The largest absolute Gasteiger partial charge is 0.491 e. The Balaban J connectivity index is 0.000000181. The van der Waals surface area contributed by atoms with Crippen LogP contribution < -0.4 is 5.46 Å². The zero-order valence-corrected chi connectivity index (χ0v) is 30.8. The summed E-state index contributed by atoms with van der Waals surface area (Å²) in [6.07, 6.45) is 16.2. The van der Waals surface area contributed by atoms with Crippen molar-refractivity contribution in [1.82, 2.24) is 0 Å². The van der Waals surface area contributed by atoms with Gasteiger partial charge in [0.05, 0.1) is 0 Å². The fraction of sp³-hybridized carbons (Fsp3) is 0.429. The van der Waals surface area contributed by atoms with Crippen LogP contribution in [0.1, 0.15) is 114 Å². The van der Waals surface area contributed by atoms with E-state index in [-0.39, 0.29) is 5.82 Å². The fourth-order valence-corrected chi connectivity index (χ4v) is 7.75. The van der Waals surface area contributed by atoms with Crippen LogP contribution in [0.2, 0.25) is 0 Å². The van der Waals surface area contributed by atoms with Crippen LogP contribution in [0.3, 0.4) is 0 Å². The Morgan fingerprint density at radius 1 is 0.580 bits per heavy atom. The highest BCUT2D eigenvalue weighted by molar-refractivity contribution is 9.10. The maximum Gasteiger partial charge on any atom is 0.491 e. The van der Waals surface area contributed by atoms with E-state index in [1.165, 1.54) is 105 Å². The summed E-state index contributed by atoms with van der Waals surface area (Å²) in [6, 6.07) is 23.0. The molecule has 2 aliphatic carbocycles. The number of benzene rings is 4. The molecule has 8 heteroatoms. The van der Waals surface area contributed by atoms with E-state index in [0.717, 1.165) is 47.6 Å². The standard InChI is InChI=1S/C21H24F2.C15H21Br.C6H5BF2O2/c1-2-3-15-4-6-16(7-5-15)17-8-10-18(11-9-17)20-14-19(22)12-13-21(20)23;1-2-3-12-4-6-13(7-5-12)14-8-10-15(16)11-9-14;8-4-1-2-6(9)5(3-4)7(10)11/h8-16H,2-7H2,1H3;8-13H,2-7H2,1H3;1-3,10-11H. The Labute approximate surface area is 304 Å². The molecule has 50 heavy (non-hydrogen) atoms. The van der Waals surface area contributed by atoms with Gasteiger partial charge in [-0.25, -0.2) is 17.6 Å². The predicted molar refractivity (Wildman–Crippen MR) is 201 cm³/mol. The number of rotatable bonds is 8. The van der Waals surface area contributed by atoms with E-state index < -0.39 is 30.0 Å². The predicted octanol–water partition coefficient (Wildman–Crippen LogP) is 11.9. The van der Waals surface area contributed by atoms with Gasteiger partial charge in [-0.2, -0.15) is 0 Å². The molecule has 0 unspecified atom stereocenters. The minimum absolute atomic E-state index is 0.336. The molecule has 268 valence electrons. The summed E-state index contributed by atoms with van der Waals surface area (Å²) in [5.74, 6) is 1.04. The van der Waals surface area contributed by atoms with Crippen LogP contribution in [-0.4, -0.2) is 17.2 Å². The summed E-state index contributed by atoms with van der Waals surface area (Å²) in [4.78, 5) is 0. The van der Waals surface area contributed by atoms with Gasteiger partial charge in [-0.3, -0.25) is 0 Å². The second-order valence-corrected chi connectivity index (χ2v) is 14.8. The van der Waals surface area contributed by atoms with Gasteiger partial charge < -0.3 is 10.0 Å². The second kappa shape index (κ2) is 20.2. The number of hydrogen-bond acceptors (Lipinski definition) is 2. The summed E-state index contributed by atoms with van der Waals surface area (Å²) in [7, 11) is -1.97. The third-order valence-electron chi connectivity index (χ3n) is 10.3. The second-order valence-electron chi connectivity index (χ2n) is 13.8. The van der Waals surface area contributed by atoms with E-state index in [9.17, 15) is 17.6 Å². The fourth-order valence-electron chi connectivity index (χ4n) is 7.49. The first kappa shape index (κ1) is 39.8. The van der Waals surface area contributed by atoms with Crippen LogP contribution in [0.25, 0.3) is 11.1 Å². The molecule has 6 rings (SSSR count). The van der Waals surface area contributed by atoms with Gasteiger partial charge in [-0.15, -0.1) is 0 Å². The van der Waals surface area contributed by atoms with Gasteiger partial charge in [-0.1, -0.05) is 91.9 Å². The SMILES string of the molecule is CCCC1CCC(c2ccc(-c3cc(F)ccc3F)cc2)CC1.CCCC1CCC(c2ccc(Br)cc2)CC1.OB(O)c1cc(F)ccc1F. The monoisotopic (exact) mass is 752 g/mol. The van der Waals surface area contributed by atoms with Crippen molar-refractivity contribution in [3.8, 4) is 11.1 Å². The van der Waals surface area contributed by atoms with Gasteiger partial charge in [0.15, 0.2) is 0 Å². The van der Waals surface area contributed by atoms with Crippen molar-refractivity contribution in [2.24, 2.45) is 11.8 Å². The highest BCUT2D eigenvalue weighted by Crippen LogP contribution is 2.39. The first-order chi connectivity index (χ1) is 24.1. The third-order valence-corrected chi connectivity index (χ3v) is 10.8. The van der Waals surface area contributed by atoms with Crippen LogP contribution in [0, 0.1) is 35.1 Å².